The zero-order chi connectivity index (χ0) is 17.8. The van der Waals surface area contributed by atoms with Gasteiger partial charge >= 0.3 is 0 Å². The molecule has 1 aliphatic heterocycles. The minimum Gasteiger partial charge on any atom is -0.369 e. The number of hydrogen-bond donors (Lipinski definition) is 2. The number of rotatable bonds is 4. The maximum Gasteiger partial charge on any atom is 0.191 e. The molecule has 2 aromatic rings. The molecule has 142 valence electrons. The molecule has 26 heavy (non-hydrogen) atoms. The molecule has 2 heterocycles. The molecule has 0 amide bonds. The molecule has 0 radical (unpaired) electrons. The highest BCUT2D eigenvalue weighted by Crippen LogP contribution is 2.23. The van der Waals surface area contributed by atoms with E-state index in [9.17, 15) is 0 Å². The van der Waals surface area contributed by atoms with Crippen LogP contribution in [0.3, 0.4) is 0 Å². The fraction of sp³-hybridized carbons (Fsp3) is 0.471. The van der Waals surface area contributed by atoms with Gasteiger partial charge in [-0.05, 0) is 31.5 Å². The van der Waals surface area contributed by atoms with Crippen molar-refractivity contribution in [1.29, 1.82) is 0 Å². The third kappa shape index (κ3) is 5.00. The van der Waals surface area contributed by atoms with Gasteiger partial charge in [-0.1, -0.05) is 17.7 Å². The quantitative estimate of drug-likeness (QED) is 0.392. The Morgan fingerprint density at radius 2 is 2.19 bits per heavy atom. The van der Waals surface area contributed by atoms with Crippen molar-refractivity contribution in [1.82, 2.24) is 25.4 Å². The predicted octanol–water partition coefficient (Wildman–Crippen LogP) is 2.34. The van der Waals surface area contributed by atoms with Crippen molar-refractivity contribution in [2.45, 2.75) is 25.9 Å². The van der Waals surface area contributed by atoms with E-state index in [0.29, 0.717) is 12.6 Å². The number of halogens is 2. The van der Waals surface area contributed by atoms with Crippen LogP contribution in [0.1, 0.15) is 18.1 Å². The Hall–Kier alpha value is -1.55. The van der Waals surface area contributed by atoms with E-state index in [1.54, 1.807) is 7.05 Å². The summed E-state index contributed by atoms with van der Waals surface area (Å²) in [6.45, 7) is 4.44. The zero-order valence-corrected chi connectivity index (χ0v) is 18.3. The molecule has 0 bridgehead atoms. The average molecular weight is 490 g/mol. The normalized spacial score (nSPS) is 17.2. The number of hydrogen-bond acceptors (Lipinski definition) is 4. The van der Waals surface area contributed by atoms with Crippen LogP contribution in [0, 0.1) is 6.92 Å². The monoisotopic (exact) mass is 489 g/mol. The molecule has 0 saturated carbocycles. The van der Waals surface area contributed by atoms with Crippen LogP contribution in [0.4, 0.5) is 5.69 Å². The van der Waals surface area contributed by atoms with E-state index in [1.807, 2.05) is 36.7 Å². The van der Waals surface area contributed by atoms with Crippen molar-refractivity contribution >= 4 is 47.2 Å². The van der Waals surface area contributed by atoms with Crippen molar-refractivity contribution < 1.29 is 0 Å². The van der Waals surface area contributed by atoms with Gasteiger partial charge in [0.2, 0.25) is 0 Å². The summed E-state index contributed by atoms with van der Waals surface area (Å²) in [6, 6.07) is 8.33. The van der Waals surface area contributed by atoms with E-state index < -0.39 is 0 Å². The summed E-state index contributed by atoms with van der Waals surface area (Å²) in [4.78, 5) is 6.65. The fourth-order valence-corrected chi connectivity index (χ4v) is 3.13. The molecular weight excluding hydrogens is 465 g/mol. The molecule has 2 N–H and O–H groups in total. The van der Waals surface area contributed by atoms with Crippen LogP contribution >= 0.6 is 35.6 Å². The second kappa shape index (κ2) is 9.40. The number of guanidine groups is 1. The third-order valence-corrected chi connectivity index (χ3v) is 4.76. The van der Waals surface area contributed by atoms with Crippen molar-refractivity contribution in [2.75, 3.05) is 25.0 Å². The van der Waals surface area contributed by atoms with Crippen molar-refractivity contribution in [2.24, 2.45) is 12.0 Å². The first-order chi connectivity index (χ1) is 12.1. The van der Waals surface area contributed by atoms with Crippen LogP contribution in [-0.4, -0.2) is 46.9 Å². The molecule has 1 unspecified atom stereocenters. The number of aromatic nitrogens is 3. The Bertz CT molecular complexity index is 761. The molecular formula is C17H25ClIN7. The summed E-state index contributed by atoms with van der Waals surface area (Å²) in [6.07, 6.45) is 1.05. The van der Waals surface area contributed by atoms with E-state index in [4.69, 9.17) is 11.6 Å². The van der Waals surface area contributed by atoms with Gasteiger partial charge in [0.05, 0.1) is 6.54 Å². The highest BCUT2D eigenvalue weighted by Gasteiger charge is 2.23. The lowest BCUT2D eigenvalue weighted by atomic mass is 10.3. The van der Waals surface area contributed by atoms with Gasteiger partial charge in [0.25, 0.3) is 0 Å². The van der Waals surface area contributed by atoms with E-state index in [2.05, 4.69) is 36.8 Å². The second-order valence-electron chi connectivity index (χ2n) is 6.20. The molecule has 1 aliphatic rings. The lowest BCUT2D eigenvalue weighted by molar-refractivity contribution is 0.639. The minimum atomic E-state index is 0. The van der Waals surface area contributed by atoms with Gasteiger partial charge in [-0.15, -0.1) is 34.2 Å². The van der Waals surface area contributed by atoms with E-state index >= 15 is 0 Å². The average Bonchev–Trinajstić information content (AvgIpc) is 3.20. The van der Waals surface area contributed by atoms with Gasteiger partial charge in [0, 0.05) is 43.9 Å². The molecule has 3 rings (SSSR count). The summed E-state index contributed by atoms with van der Waals surface area (Å²) in [5.74, 6) is 2.55. The lowest BCUT2D eigenvalue weighted by Gasteiger charge is -2.20. The topological polar surface area (TPSA) is 70.4 Å². The van der Waals surface area contributed by atoms with Crippen LogP contribution < -0.4 is 15.5 Å². The maximum absolute atomic E-state index is 6.10. The Morgan fingerprint density at radius 1 is 1.38 bits per heavy atom. The summed E-state index contributed by atoms with van der Waals surface area (Å²) in [7, 11) is 3.74. The van der Waals surface area contributed by atoms with Gasteiger partial charge in [0.15, 0.2) is 11.8 Å². The van der Waals surface area contributed by atoms with Gasteiger partial charge in [-0.2, -0.15) is 0 Å². The summed E-state index contributed by atoms with van der Waals surface area (Å²) >= 11 is 6.10. The van der Waals surface area contributed by atoms with Gasteiger partial charge < -0.3 is 20.1 Å². The number of nitrogens with zero attached hydrogens (tertiary/aromatic N) is 5. The molecule has 1 atom stereocenters. The van der Waals surface area contributed by atoms with E-state index in [1.165, 1.54) is 0 Å². The van der Waals surface area contributed by atoms with Crippen molar-refractivity contribution in [3.63, 3.8) is 0 Å². The van der Waals surface area contributed by atoms with Crippen molar-refractivity contribution in [3.8, 4) is 0 Å². The van der Waals surface area contributed by atoms with Gasteiger partial charge in [-0.25, -0.2) is 0 Å². The van der Waals surface area contributed by atoms with Crippen LogP contribution in [-0.2, 0) is 13.6 Å². The molecule has 7 nitrogen and oxygen atoms in total. The number of aliphatic imine (C=N–C) groups is 1. The SMILES string of the molecule is CN=C(NCc1nnc(C)n1C)NC1CCN(c2cccc(Cl)c2)C1.I. The van der Waals surface area contributed by atoms with Crippen LogP contribution in [0.15, 0.2) is 29.3 Å². The second-order valence-corrected chi connectivity index (χ2v) is 6.64. The standard InChI is InChI=1S/C17H24ClN7.HI/c1-12-22-23-16(24(12)3)10-20-17(19-2)21-14-7-8-25(11-14)15-6-4-5-13(18)9-15;/h4-6,9,14H,7-8,10-11H2,1-3H3,(H2,19,20,21);1H. The first-order valence-corrected chi connectivity index (χ1v) is 8.77. The summed E-state index contributed by atoms with van der Waals surface area (Å²) < 4.78 is 1.97. The van der Waals surface area contributed by atoms with E-state index in [-0.39, 0.29) is 24.0 Å². The summed E-state index contributed by atoms with van der Waals surface area (Å²) in [5, 5.41) is 15.8. The number of aryl methyl sites for hydroxylation is 1. The molecule has 9 heteroatoms. The molecule has 1 aromatic carbocycles. The minimum absolute atomic E-state index is 0. The molecule has 0 spiro atoms. The lowest BCUT2D eigenvalue weighted by Crippen LogP contribution is -2.44. The Kier molecular flexibility index (Phi) is 7.51. The third-order valence-electron chi connectivity index (χ3n) is 4.52. The number of benzene rings is 1. The first kappa shape index (κ1) is 20.8. The van der Waals surface area contributed by atoms with Crippen LogP contribution in [0.2, 0.25) is 5.02 Å². The predicted molar refractivity (Wildman–Crippen MR) is 117 cm³/mol. The summed E-state index contributed by atoms with van der Waals surface area (Å²) in [5.41, 5.74) is 1.16. The fourth-order valence-electron chi connectivity index (χ4n) is 2.94. The van der Waals surface area contributed by atoms with Gasteiger partial charge in [0.1, 0.15) is 5.82 Å². The first-order valence-electron chi connectivity index (χ1n) is 8.39. The Morgan fingerprint density at radius 3 is 2.85 bits per heavy atom. The van der Waals surface area contributed by atoms with Gasteiger partial charge in [-0.3, -0.25) is 4.99 Å². The zero-order valence-electron chi connectivity index (χ0n) is 15.2. The number of nitrogens with one attached hydrogen (secondary N) is 2. The Labute approximate surface area is 176 Å². The highest BCUT2D eigenvalue weighted by atomic mass is 127. The molecule has 0 aliphatic carbocycles. The van der Waals surface area contributed by atoms with Crippen LogP contribution in [0.25, 0.3) is 0 Å². The van der Waals surface area contributed by atoms with Crippen molar-refractivity contribution in [3.05, 3.63) is 40.9 Å². The molecule has 1 fully saturated rings. The molecule has 1 saturated heterocycles. The molecule has 1 aromatic heterocycles. The number of anilines is 1. The van der Waals surface area contributed by atoms with Crippen LogP contribution in [0.5, 0.6) is 0 Å². The smallest absolute Gasteiger partial charge is 0.191 e. The maximum atomic E-state index is 6.10. The van der Waals surface area contributed by atoms with E-state index in [0.717, 1.165) is 47.8 Å². The largest absolute Gasteiger partial charge is 0.369 e. The Balaban J connectivity index is 0.00000243. The highest BCUT2D eigenvalue weighted by molar-refractivity contribution is 14.0.